The van der Waals surface area contributed by atoms with E-state index in [0.717, 1.165) is 18.8 Å². The van der Waals surface area contributed by atoms with E-state index in [1.54, 1.807) is 0 Å². The fourth-order valence-corrected chi connectivity index (χ4v) is 2.44. The van der Waals surface area contributed by atoms with Crippen molar-refractivity contribution in [1.29, 1.82) is 0 Å². The summed E-state index contributed by atoms with van der Waals surface area (Å²) in [7, 11) is 1.98. The van der Waals surface area contributed by atoms with Crippen molar-refractivity contribution in [1.82, 2.24) is 5.32 Å². The Kier molecular flexibility index (Phi) is 3.03. The number of hydrogen-bond donors (Lipinski definition) is 1. The molecule has 1 heterocycles. The molecule has 1 atom stereocenters. The second-order valence-electron chi connectivity index (χ2n) is 4.69. The van der Waals surface area contributed by atoms with Crippen LogP contribution in [0.2, 0.25) is 0 Å². The maximum absolute atomic E-state index is 5.64. The molecule has 1 aliphatic rings. The molecule has 2 aromatic rings. The zero-order valence-electron chi connectivity index (χ0n) is 10.5. The fraction of sp³-hybridized carbons (Fsp3) is 0.250. The van der Waals surface area contributed by atoms with Gasteiger partial charge in [0.2, 0.25) is 0 Å². The largest absolute Gasteiger partial charge is 0.491 e. The van der Waals surface area contributed by atoms with Gasteiger partial charge >= 0.3 is 0 Å². The molecule has 0 saturated carbocycles. The fourth-order valence-electron chi connectivity index (χ4n) is 2.44. The number of rotatable bonds is 3. The first-order valence-electron chi connectivity index (χ1n) is 6.33. The summed E-state index contributed by atoms with van der Waals surface area (Å²) >= 11 is 0. The van der Waals surface area contributed by atoms with Crippen LogP contribution in [0.25, 0.3) is 0 Å². The summed E-state index contributed by atoms with van der Waals surface area (Å²) in [6.07, 6.45) is 0.977. The highest BCUT2D eigenvalue weighted by Gasteiger charge is 2.22. The smallest absolute Gasteiger partial charge is 0.124 e. The summed E-state index contributed by atoms with van der Waals surface area (Å²) in [4.78, 5) is 0. The van der Waals surface area contributed by atoms with Crippen LogP contribution in [0.4, 0.5) is 0 Å². The molecule has 1 unspecified atom stereocenters. The molecule has 0 bridgehead atoms. The zero-order valence-corrected chi connectivity index (χ0v) is 10.5. The number of ether oxygens (including phenoxy) is 1. The lowest BCUT2D eigenvalue weighted by molar-refractivity contribution is 0.318. The normalized spacial score (nSPS) is 17.3. The van der Waals surface area contributed by atoms with Gasteiger partial charge < -0.3 is 10.1 Å². The Morgan fingerprint density at radius 1 is 1.11 bits per heavy atom. The van der Waals surface area contributed by atoms with Crippen LogP contribution in [-0.4, -0.2) is 13.7 Å². The lowest BCUT2D eigenvalue weighted by Crippen LogP contribution is -2.17. The third kappa shape index (κ3) is 2.12. The average Bonchev–Trinajstić information content (AvgIpc) is 2.82. The van der Waals surface area contributed by atoms with Crippen molar-refractivity contribution in [2.45, 2.75) is 12.5 Å². The minimum atomic E-state index is 0.329. The summed E-state index contributed by atoms with van der Waals surface area (Å²) in [6, 6.07) is 17.4. The first-order valence-corrected chi connectivity index (χ1v) is 6.33. The van der Waals surface area contributed by atoms with E-state index in [0.29, 0.717) is 6.04 Å². The van der Waals surface area contributed by atoms with E-state index in [-0.39, 0.29) is 0 Å². The molecular formula is C16H17NO. The van der Waals surface area contributed by atoms with Crippen molar-refractivity contribution in [2.24, 2.45) is 0 Å². The van der Waals surface area contributed by atoms with Crippen LogP contribution in [0, 0.1) is 0 Å². The third-order valence-electron chi connectivity index (χ3n) is 3.45. The Morgan fingerprint density at radius 3 is 2.72 bits per heavy atom. The van der Waals surface area contributed by atoms with Gasteiger partial charge in [-0.15, -0.1) is 0 Å². The van der Waals surface area contributed by atoms with E-state index < -0.39 is 0 Å². The maximum Gasteiger partial charge on any atom is 0.124 e. The number of fused-ring (bicyclic) bond motifs is 1. The van der Waals surface area contributed by atoms with Gasteiger partial charge in [0.25, 0.3) is 0 Å². The van der Waals surface area contributed by atoms with Gasteiger partial charge in [-0.3, -0.25) is 0 Å². The zero-order chi connectivity index (χ0) is 12.4. The molecule has 0 fully saturated rings. The molecule has 0 spiro atoms. The first kappa shape index (κ1) is 11.3. The highest BCUT2D eigenvalue weighted by atomic mass is 16.5. The lowest BCUT2D eigenvalue weighted by Gasteiger charge is -2.08. The monoisotopic (exact) mass is 239 g/mol. The van der Waals surface area contributed by atoms with E-state index in [1.807, 2.05) is 7.05 Å². The van der Waals surface area contributed by atoms with Gasteiger partial charge in [0.15, 0.2) is 0 Å². The summed E-state index contributed by atoms with van der Waals surface area (Å²) in [5, 5.41) is 3.29. The molecule has 92 valence electrons. The van der Waals surface area contributed by atoms with E-state index in [9.17, 15) is 0 Å². The van der Waals surface area contributed by atoms with Crippen LogP contribution in [0.5, 0.6) is 5.75 Å². The SMILES string of the molecule is CNC1COc2ccc(Cc3ccccc3)cc21. The van der Waals surface area contributed by atoms with Crippen molar-refractivity contribution >= 4 is 0 Å². The first-order chi connectivity index (χ1) is 8.86. The topological polar surface area (TPSA) is 21.3 Å². The van der Waals surface area contributed by atoms with E-state index in [2.05, 4.69) is 53.8 Å². The summed E-state index contributed by atoms with van der Waals surface area (Å²) in [6.45, 7) is 0.737. The number of benzene rings is 2. The molecule has 1 N–H and O–H groups in total. The average molecular weight is 239 g/mol. The highest BCUT2D eigenvalue weighted by Crippen LogP contribution is 2.33. The second kappa shape index (κ2) is 4.83. The predicted octanol–water partition coefficient (Wildman–Crippen LogP) is 2.93. The van der Waals surface area contributed by atoms with Crippen LogP contribution < -0.4 is 10.1 Å². The van der Waals surface area contributed by atoms with Crippen LogP contribution in [0.3, 0.4) is 0 Å². The maximum atomic E-state index is 5.64. The molecule has 0 radical (unpaired) electrons. The van der Waals surface area contributed by atoms with Gasteiger partial charge in [-0.1, -0.05) is 42.5 Å². The molecule has 2 heteroatoms. The highest BCUT2D eigenvalue weighted by molar-refractivity contribution is 5.43. The number of hydrogen-bond acceptors (Lipinski definition) is 2. The van der Waals surface area contributed by atoms with Gasteiger partial charge in [-0.2, -0.15) is 0 Å². The molecule has 2 nitrogen and oxygen atoms in total. The Bertz CT molecular complexity index is 536. The molecule has 3 rings (SSSR count). The lowest BCUT2D eigenvalue weighted by atomic mass is 10.0. The Morgan fingerprint density at radius 2 is 1.94 bits per heavy atom. The second-order valence-corrected chi connectivity index (χ2v) is 4.69. The van der Waals surface area contributed by atoms with Gasteiger partial charge in [0, 0.05) is 5.56 Å². The minimum Gasteiger partial charge on any atom is -0.491 e. The van der Waals surface area contributed by atoms with E-state index in [1.165, 1.54) is 16.7 Å². The van der Waals surface area contributed by atoms with Crippen molar-refractivity contribution in [3.05, 3.63) is 65.2 Å². The van der Waals surface area contributed by atoms with Crippen molar-refractivity contribution in [3.8, 4) is 5.75 Å². The van der Waals surface area contributed by atoms with Crippen molar-refractivity contribution < 1.29 is 4.74 Å². The molecule has 0 amide bonds. The molecule has 2 aromatic carbocycles. The van der Waals surface area contributed by atoms with Crippen LogP contribution in [-0.2, 0) is 6.42 Å². The third-order valence-corrected chi connectivity index (χ3v) is 3.45. The predicted molar refractivity (Wildman–Crippen MR) is 73.0 cm³/mol. The summed E-state index contributed by atoms with van der Waals surface area (Å²) in [5.41, 5.74) is 3.97. The van der Waals surface area contributed by atoms with Gasteiger partial charge in [-0.25, -0.2) is 0 Å². The van der Waals surface area contributed by atoms with Crippen molar-refractivity contribution in [3.63, 3.8) is 0 Å². The number of nitrogens with one attached hydrogen (secondary N) is 1. The van der Waals surface area contributed by atoms with E-state index in [4.69, 9.17) is 4.74 Å². The molecular weight excluding hydrogens is 222 g/mol. The van der Waals surface area contributed by atoms with Crippen LogP contribution in [0.1, 0.15) is 22.7 Å². The summed E-state index contributed by atoms with van der Waals surface area (Å²) in [5.74, 6) is 1.02. The minimum absolute atomic E-state index is 0.329. The quantitative estimate of drug-likeness (QED) is 0.889. The molecule has 18 heavy (non-hydrogen) atoms. The molecule has 1 aliphatic heterocycles. The molecule has 0 saturated heterocycles. The standard InChI is InChI=1S/C16H17NO/c1-17-15-11-18-16-8-7-13(10-14(15)16)9-12-5-3-2-4-6-12/h2-8,10,15,17H,9,11H2,1H3. The Labute approximate surface area is 108 Å². The summed E-state index contributed by atoms with van der Waals surface area (Å²) < 4.78 is 5.64. The van der Waals surface area contributed by atoms with E-state index >= 15 is 0 Å². The Balaban J connectivity index is 1.87. The van der Waals surface area contributed by atoms with Crippen molar-refractivity contribution in [2.75, 3.05) is 13.7 Å². The molecule has 0 aromatic heterocycles. The number of likely N-dealkylation sites (N-methyl/N-ethyl adjacent to an activating group) is 1. The molecule has 0 aliphatic carbocycles. The van der Waals surface area contributed by atoms with Gasteiger partial charge in [0.1, 0.15) is 12.4 Å². The Hall–Kier alpha value is -1.80. The van der Waals surface area contributed by atoms with Gasteiger partial charge in [0.05, 0.1) is 6.04 Å². The van der Waals surface area contributed by atoms with Crippen LogP contribution >= 0.6 is 0 Å². The van der Waals surface area contributed by atoms with Crippen LogP contribution in [0.15, 0.2) is 48.5 Å². The van der Waals surface area contributed by atoms with Gasteiger partial charge in [-0.05, 0) is 30.7 Å².